The highest BCUT2D eigenvalue weighted by molar-refractivity contribution is 6.32. The Labute approximate surface area is 277 Å². The summed E-state index contributed by atoms with van der Waals surface area (Å²) >= 11 is 0. The lowest BCUT2D eigenvalue weighted by Gasteiger charge is -2.62. The van der Waals surface area contributed by atoms with Crippen molar-refractivity contribution >= 4 is 28.9 Å². The number of carbonyl (C=O) groups excluding carboxylic acids is 5. The molecule has 250 valence electrons. The minimum absolute atomic E-state index is 0.0183. The first-order chi connectivity index (χ1) is 21.8. The molecule has 0 radical (unpaired) electrons. The summed E-state index contributed by atoms with van der Waals surface area (Å²) in [4.78, 5) is 69.6. The Morgan fingerprint density at radius 3 is 2.11 bits per heavy atom. The van der Waals surface area contributed by atoms with E-state index in [0.717, 1.165) is 30.0 Å². The van der Waals surface area contributed by atoms with E-state index in [1.54, 1.807) is 20.8 Å². The SMILES string of the molecule is C=C(Cc1ccc(CC)cc1)Cc1cc(C(C)C)c2c(c1O)C(=O)C1C(=O)[C@@]3(O)C(=O)C(C(C)=O)C(=O)C(C(C)C)[C@@]3(C)C[C@@]1(C)C2. The molecule has 0 spiro atoms. The topological polar surface area (TPSA) is 126 Å². The number of Topliss-reactive ketones (excluding diaryl/α,β-unsaturated/α-hetero) is 5. The number of allylic oxidation sites excluding steroid dienone is 1. The van der Waals surface area contributed by atoms with Crippen LogP contribution in [0.15, 0.2) is 42.5 Å². The summed E-state index contributed by atoms with van der Waals surface area (Å²) in [6, 6.07) is 10.2. The van der Waals surface area contributed by atoms with Crippen LogP contribution in [0.1, 0.15) is 106 Å². The van der Waals surface area contributed by atoms with E-state index in [0.29, 0.717) is 24.0 Å². The number of fused-ring (bicyclic) bond motifs is 3. The van der Waals surface area contributed by atoms with E-state index in [4.69, 9.17) is 0 Å². The molecule has 0 amide bonds. The van der Waals surface area contributed by atoms with Gasteiger partial charge in [0.05, 0.1) is 11.5 Å². The van der Waals surface area contributed by atoms with Gasteiger partial charge in [0.2, 0.25) is 0 Å². The van der Waals surface area contributed by atoms with E-state index >= 15 is 0 Å². The van der Waals surface area contributed by atoms with E-state index in [9.17, 15) is 34.2 Å². The minimum Gasteiger partial charge on any atom is -0.507 e. The van der Waals surface area contributed by atoms with E-state index in [2.05, 4.69) is 37.8 Å². The summed E-state index contributed by atoms with van der Waals surface area (Å²) in [5.41, 5.74) is -0.00435. The predicted octanol–water partition coefficient (Wildman–Crippen LogP) is 6.12. The molecule has 2 fully saturated rings. The van der Waals surface area contributed by atoms with Crippen molar-refractivity contribution in [2.75, 3.05) is 0 Å². The molecule has 2 saturated carbocycles. The molecule has 5 rings (SSSR count). The zero-order valence-electron chi connectivity index (χ0n) is 29.0. The molecule has 6 atom stereocenters. The Balaban J connectivity index is 1.62. The Kier molecular flexibility index (Phi) is 8.66. The molecule has 7 heteroatoms. The van der Waals surface area contributed by atoms with Crippen molar-refractivity contribution in [2.24, 2.45) is 34.5 Å². The largest absolute Gasteiger partial charge is 0.507 e. The predicted molar refractivity (Wildman–Crippen MR) is 179 cm³/mol. The van der Waals surface area contributed by atoms with Crippen LogP contribution in [0.3, 0.4) is 0 Å². The fourth-order valence-electron chi connectivity index (χ4n) is 9.45. The third kappa shape index (κ3) is 5.08. The molecule has 3 unspecified atom stereocenters. The minimum atomic E-state index is -2.71. The molecule has 2 aromatic rings. The first kappa shape index (κ1) is 34.6. The van der Waals surface area contributed by atoms with Crippen LogP contribution in [-0.2, 0) is 44.9 Å². The Bertz CT molecular complexity index is 1710. The van der Waals surface area contributed by atoms with Crippen molar-refractivity contribution in [1.82, 2.24) is 0 Å². The summed E-state index contributed by atoms with van der Waals surface area (Å²) in [6.07, 6.45) is 2.13. The van der Waals surface area contributed by atoms with Crippen molar-refractivity contribution in [3.05, 3.63) is 75.9 Å². The zero-order valence-corrected chi connectivity index (χ0v) is 29.0. The van der Waals surface area contributed by atoms with Gasteiger partial charge in [-0.25, -0.2) is 0 Å². The van der Waals surface area contributed by atoms with Gasteiger partial charge < -0.3 is 10.2 Å². The maximum atomic E-state index is 14.6. The molecular weight excluding hydrogens is 592 g/mol. The average molecular weight is 641 g/mol. The first-order valence-electron chi connectivity index (χ1n) is 16.9. The highest BCUT2D eigenvalue weighted by Gasteiger charge is 2.76. The highest BCUT2D eigenvalue weighted by Crippen LogP contribution is 2.64. The quantitative estimate of drug-likeness (QED) is 0.263. The fraction of sp³-hybridized carbons (Fsp3) is 0.525. The van der Waals surface area contributed by atoms with Crippen molar-refractivity contribution in [3.8, 4) is 5.75 Å². The van der Waals surface area contributed by atoms with Crippen molar-refractivity contribution in [3.63, 3.8) is 0 Å². The normalized spacial score (nSPS) is 30.3. The van der Waals surface area contributed by atoms with Crippen LogP contribution in [-0.4, -0.2) is 44.7 Å². The number of benzene rings is 2. The Morgan fingerprint density at radius 1 is 0.979 bits per heavy atom. The maximum absolute atomic E-state index is 14.6. The summed E-state index contributed by atoms with van der Waals surface area (Å²) < 4.78 is 0. The number of phenolic OH excluding ortho intramolecular Hbond substituents is 1. The van der Waals surface area contributed by atoms with Gasteiger partial charge in [0, 0.05) is 11.3 Å². The third-order valence-electron chi connectivity index (χ3n) is 11.4. The van der Waals surface area contributed by atoms with Crippen LogP contribution in [0, 0.1) is 34.5 Å². The number of aromatic hydroxyl groups is 1. The van der Waals surface area contributed by atoms with Crippen LogP contribution < -0.4 is 0 Å². The van der Waals surface area contributed by atoms with Gasteiger partial charge in [0.1, 0.15) is 17.5 Å². The van der Waals surface area contributed by atoms with Crippen LogP contribution in [0.25, 0.3) is 0 Å². The molecule has 2 aromatic carbocycles. The summed E-state index contributed by atoms with van der Waals surface area (Å²) in [6.45, 7) is 18.5. The molecule has 0 heterocycles. The van der Waals surface area contributed by atoms with E-state index in [1.165, 1.54) is 5.56 Å². The van der Waals surface area contributed by atoms with Crippen LogP contribution in [0.2, 0.25) is 0 Å². The molecular formula is C40H48O7. The number of aryl methyl sites for hydroxylation is 1. The van der Waals surface area contributed by atoms with Crippen molar-refractivity contribution < 1.29 is 34.2 Å². The number of phenols is 1. The molecule has 0 saturated heterocycles. The molecule has 47 heavy (non-hydrogen) atoms. The number of hydrogen-bond acceptors (Lipinski definition) is 7. The molecule has 2 N–H and O–H groups in total. The van der Waals surface area contributed by atoms with E-state index in [-0.39, 0.29) is 36.0 Å². The Morgan fingerprint density at radius 2 is 1.57 bits per heavy atom. The van der Waals surface area contributed by atoms with Crippen LogP contribution >= 0.6 is 0 Å². The van der Waals surface area contributed by atoms with Crippen LogP contribution in [0.4, 0.5) is 0 Å². The smallest absolute Gasteiger partial charge is 0.190 e. The molecule has 0 aromatic heterocycles. The van der Waals surface area contributed by atoms with Gasteiger partial charge in [0.15, 0.2) is 28.7 Å². The summed E-state index contributed by atoms with van der Waals surface area (Å²) in [5.74, 6) is -8.83. The van der Waals surface area contributed by atoms with Gasteiger partial charge in [0.25, 0.3) is 0 Å². The van der Waals surface area contributed by atoms with Crippen molar-refractivity contribution in [2.45, 2.75) is 99.0 Å². The number of hydrogen-bond donors (Lipinski definition) is 2. The second-order valence-corrected chi connectivity index (χ2v) is 15.6. The van der Waals surface area contributed by atoms with Gasteiger partial charge in [-0.3, -0.25) is 24.0 Å². The van der Waals surface area contributed by atoms with E-state index in [1.807, 2.05) is 26.8 Å². The molecule has 0 bridgehead atoms. The molecule has 7 nitrogen and oxygen atoms in total. The number of aliphatic hydroxyl groups is 1. The first-order valence-corrected chi connectivity index (χ1v) is 16.9. The Hall–Kier alpha value is -3.71. The molecule has 3 aliphatic carbocycles. The zero-order chi connectivity index (χ0) is 35.0. The van der Waals surface area contributed by atoms with Gasteiger partial charge in [-0.05, 0) is 84.1 Å². The van der Waals surface area contributed by atoms with Crippen LogP contribution in [0.5, 0.6) is 5.75 Å². The summed E-state index contributed by atoms with van der Waals surface area (Å²) in [5, 5.41) is 24.0. The van der Waals surface area contributed by atoms with Crippen molar-refractivity contribution in [1.29, 1.82) is 0 Å². The lowest BCUT2D eigenvalue weighted by Crippen LogP contribution is -2.76. The third-order valence-corrected chi connectivity index (χ3v) is 11.4. The molecule has 0 aliphatic heterocycles. The monoisotopic (exact) mass is 640 g/mol. The lowest BCUT2D eigenvalue weighted by molar-refractivity contribution is -0.205. The van der Waals surface area contributed by atoms with Gasteiger partial charge in [-0.2, -0.15) is 0 Å². The van der Waals surface area contributed by atoms with Gasteiger partial charge in [-0.1, -0.05) is 91.0 Å². The second-order valence-electron chi connectivity index (χ2n) is 15.6. The number of carbonyl (C=O) groups is 5. The second kappa shape index (κ2) is 11.8. The van der Waals surface area contributed by atoms with Gasteiger partial charge >= 0.3 is 0 Å². The number of ketones is 5. The maximum Gasteiger partial charge on any atom is 0.190 e. The summed E-state index contributed by atoms with van der Waals surface area (Å²) in [7, 11) is 0. The highest BCUT2D eigenvalue weighted by atomic mass is 16.3. The van der Waals surface area contributed by atoms with Gasteiger partial charge in [-0.15, -0.1) is 0 Å². The number of rotatable bonds is 8. The molecule has 3 aliphatic rings. The van der Waals surface area contributed by atoms with E-state index < -0.39 is 63.1 Å². The lowest BCUT2D eigenvalue weighted by atomic mass is 9.39. The average Bonchev–Trinajstić information content (AvgIpc) is 2.96. The standard InChI is InChI=1S/C40H48O7/c1-10-24-11-13-25(14-12-24)15-22(6)16-26-17-27(20(2)3)28-18-38(8)19-39(9)31(21(4)5)34(43)29(23(7)41)36(45)40(39,47)37(46)32(38)35(44)30(28)33(26)42/h11-14,17,20-21,29,31-32,42,47H,6,10,15-16,18-19H2,1-5,7-9H3/t29?,31?,32?,38-,39-,40+/m1/s1. The fourth-order valence-corrected chi connectivity index (χ4v) is 9.45.